The minimum atomic E-state index is -0.0426. The lowest BCUT2D eigenvalue weighted by atomic mass is 9.97. The van der Waals surface area contributed by atoms with E-state index < -0.39 is 0 Å². The van der Waals surface area contributed by atoms with Crippen molar-refractivity contribution in [2.75, 3.05) is 6.54 Å². The Labute approximate surface area is 124 Å². The first-order valence-corrected chi connectivity index (χ1v) is 8.77. The van der Waals surface area contributed by atoms with Gasteiger partial charge in [0.15, 0.2) is 0 Å². The van der Waals surface area contributed by atoms with Crippen molar-refractivity contribution in [1.29, 1.82) is 0 Å². The lowest BCUT2D eigenvalue weighted by Gasteiger charge is -2.28. The lowest BCUT2D eigenvalue weighted by molar-refractivity contribution is -0.130. The van der Waals surface area contributed by atoms with Gasteiger partial charge in [0.25, 0.3) is 0 Å². The van der Waals surface area contributed by atoms with Crippen LogP contribution in [0.5, 0.6) is 0 Å². The van der Waals surface area contributed by atoms with Gasteiger partial charge in [-0.2, -0.15) is 11.3 Å². The van der Waals surface area contributed by atoms with Crippen molar-refractivity contribution in [3.05, 3.63) is 22.4 Å². The van der Waals surface area contributed by atoms with Crippen LogP contribution in [0.1, 0.15) is 44.3 Å². The van der Waals surface area contributed by atoms with Crippen molar-refractivity contribution in [2.45, 2.75) is 44.8 Å². The Balaban J connectivity index is 1.55. The quantitative estimate of drug-likeness (QED) is 0.904. The van der Waals surface area contributed by atoms with Crippen LogP contribution in [0.2, 0.25) is 0 Å². The van der Waals surface area contributed by atoms with E-state index in [2.05, 4.69) is 27.0 Å². The molecule has 0 radical (unpaired) electrons. The topological polar surface area (TPSA) is 32.3 Å². The van der Waals surface area contributed by atoms with E-state index in [0.29, 0.717) is 0 Å². The van der Waals surface area contributed by atoms with Crippen LogP contribution in [-0.4, -0.2) is 23.4 Å². The monoisotopic (exact) mass is 290 g/mol. The average Bonchev–Trinajstić information content (AvgIpc) is 3.37. The number of nitrogens with zero attached hydrogens (tertiary/aromatic N) is 1. The molecular formula is C16H22N2OS. The van der Waals surface area contributed by atoms with Gasteiger partial charge in [0.1, 0.15) is 6.17 Å². The van der Waals surface area contributed by atoms with Crippen LogP contribution in [0.3, 0.4) is 0 Å². The van der Waals surface area contributed by atoms with E-state index in [1.807, 2.05) is 6.92 Å². The van der Waals surface area contributed by atoms with Crippen LogP contribution >= 0.6 is 11.3 Å². The fraction of sp³-hybridized carbons (Fsp3) is 0.688. The van der Waals surface area contributed by atoms with Crippen molar-refractivity contribution in [3.8, 4) is 0 Å². The number of carbonyl (C=O) groups excluding carboxylic acids is 1. The van der Waals surface area contributed by atoms with Gasteiger partial charge in [0.2, 0.25) is 5.91 Å². The standard InChI is InChI=1S/C16H22N2OS/c1-10-16(19)18(15(17-10)13-6-7-20-9-13)8-14(11-2-3-11)12-4-5-12/h6-7,9-12,14-15,17H,2-5,8H2,1H3. The second-order valence-corrected chi connectivity index (χ2v) is 7.46. The molecule has 1 N–H and O–H groups in total. The minimum absolute atomic E-state index is 0.0426. The zero-order chi connectivity index (χ0) is 13.7. The molecule has 2 saturated carbocycles. The molecule has 3 fully saturated rings. The third kappa shape index (κ3) is 2.29. The normalized spacial score (nSPS) is 30.5. The summed E-state index contributed by atoms with van der Waals surface area (Å²) in [6, 6.07) is 2.10. The molecule has 4 rings (SSSR count). The van der Waals surface area contributed by atoms with E-state index in [0.717, 1.165) is 24.3 Å². The Morgan fingerprint density at radius 2 is 2.05 bits per heavy atom. The average molecular weight is 290 g/mol. The van der Waals surface area contributed by atoms with E-state index in [9.17, 15) is 4.79 Å². The molecule has 0 bridgehead atoms. The van der Waals surface area contributed by atoms with Crippen molar-refractivity contribution < 1.29 is 4.79 Å². The van der Waals surface area contributed by atoms with E-state index in [4.69, 9.17) is 0 Å². The molecule has 2 heterocycles. The Morgan fingerprint density at radius 1 is 1.35 bits per heavy atom. The molecule has 2 aliphatic carbocycles. The number of hydrogen-bond donors (Lipinski definition) is 1. The molecular weight excluding hydrogens is 268 g/mol. The van der Waals surface area contributed by atoms with Gasteiger partial charge in [-0.25, -0.2) is 0 Å². The summed E-state index contributed by atoms with van der Waals surface area (Å²) in [7, 11) is 0. The fourth-order valence-electron chi connectivity index (χ4n) is 3.64. The molecule has 0 spiro atoms. The molecule has 1 aromatic rings. The summed E-state index contributed by atoms with van der Waals surface area (Å²) in [5.74, 6) is 2.84. The highest BCUT2D eigenvalue weighted by atomic mass is 32.1. The Morgan fingerprint density at radius 3 is 2.60 bits per heavy atom. The Hall–Kier alpha value is -0.870. The van der Waals surface area contributed by atoms with Crippen LogP contribution in [0.25, 0.3) is 0 Å². The summed E-state index contributed by atoms with van der Waals surface area (Å²) in [5, 5.41) is 7.73. The molecule has 2 unspecified atom stereocenters. The highest BCUT2D eigenvalue weighted by Gasteiger charge is 2.46. The van der Waals surface area contributed by atoms with Crippen molar-refractivity contribution in [2.24, 2.45) is 17.8 Å². The first-order chi connectivity index (χ1) is 9.74. The summed E-state index contributed by atoms with van der Waals surface area (Å²) in [6.45, 7) is 2.96. The molecule has 3 nitrogen and oxygen atoms in total. The van der Waals surface area contributed by atoms with Gasteiger partial charge in [-0.05, 0) is 72.8 Å². The van der Waals surface area contributed by atoms with Crippen LogP contribution in [-0.2, 0) is 4.79 Å². The molecule has 1 amide bonds. The predicted molar refractivity (Wildman–Crippen MR) is 80.3 cm³/mol. The van der Waals surface area contributed by atoms with Crippen molar-refractivity contribution in [1.82, 2.24) is 10.2 Å². The van der Waals surface area contributed by atoms with E-state index in [1.54, 1.807) is 11.3 Å². The third-order valence-corrected chi connectivity index (χ3v) is 5.80. The smallest absolute Gasteiger partial charge is 0.241 e. The maximum Gasteiger partial charge on any atom is 0.241 e. The highest BCUT2D eigenvalue weighted by molar-refractivity contribution is 7.07. The lowest BCUT2D eigenvalue weighted by Crippen LogP contribution is -2.36. The largest absolute Gasteiger partial charge is 0.321 e. The van der Waals surface area contributed by atoms with E-state index in [-0.39, 0.29) is 18.1 Å². The second-order valence-electron chi connectivity index (χ2n) is 6.68. The van der Waals surface area contributed by atoms with E-state index >= 15 is 0 Å². The van der Waals surface area contributed by atoms with Crippen LogP contribution in [0, 0.1) is 17.8 Å². The number of rotatable bonds is 5. The maximum absolute atomic E-state index is 12.5. The van der Waals surface area contributed by atoms with Gasteiger partial charge in [-0.15, -0.1) is 0 Å². The van der Waals surface area contributed by atoms with Crippen molar-refractivity contribution in [3.63, 3.8) is 0 Å². The van der Waals surface area contributed by atoms with Gasteiger partial charge < -0.3 is 4.90 Å². The first-order valence-electron chi connectivity index (χ1n) is 7.82. The zero-order valence-electron chi connectivity index (χ0n) is 11.9. The third-order valence-electron chi connectivity index (χ3n) is 5.09. The molecule has 3 aliphatic rings. The predicted octanol–water partition coefficient (Wildman–Crippen LogP) is 3.00. The number of thiophene rings is 1. The number of nitrogens with one attached hydrogen (secondary N) is 1. The summed E-state index contributed by atoms with van der Waals surface area (Å²) >= 11 is 1.71. The summed E-state index contributed by atoms with van der Waals surface area (Å²) in [5.41, 5.74) is 1.25. The SMILES string of the molecule is CC1NC(c2ccsc2)N(CC(C2CC2)C2CC2)C1=O. The molecule has 4 heteroatoms. The van der Waals surface area contributed by atoms with Crippen LogP contribution in [0.4, 0.5) is 0 Å². The van der Waals surface area contributed by atoms with Gasteiger partial charge >= 0.3 is 0 Å². The Kier molecular flexibility index (Phi) is 3.11. The molecule has 108 valence electrons. The highest BCUT2D eigenvalue weighted by Crippen LogP contribution is 2.50. The molecule has 2 atom stereocenters. The zero-order valence-corrected chi connectivity index (χ0v) is 12.7. The van der Waals surface area contributed by atoms with Gasteiger partial charge in [-0.3, -0.25) is 10.1 Å². The number of hydrogen-bond acceptors (Lipinski definition) is 3. The Bertz CT molecular complexity index is 481. The summed E-state index contributed by atoms with van der Waals surface area (Å²) in [6.07, 6.45) is 5.64. The molecule has 1 aliphatic heterocycles. The van der Waals surface area contributed by atoms with Crippen molar-refractivity contribution >= 4 is 17.2 Å². The minimum Gasteiger partial charge on any atom is -0.321 e. The van der Waals surface area contributed by atoms with Gasteiger partial charge in [0.05, 0.1) is 6.04 Å². The first kappa shape index (κ1) is 12.8. The van der Waals surface area contributed by atoms with Crippen LogP contribution < -0.4 is 5.32 Å². The summed E-state index contributed by atoms with van der Waals surface area (Å²) in [4.78, 5) is 14.6. The van der Waals surface area contributed by atoms with Gasteiger partial charge in [-0.1, -0.05) is 0 Å². The molecule has 20 heavy (non-hydrogen) atoms. The van der Waals surface area contributed by atoms with E-state index in [1.165, 1.54) is 31.2 Å². The molecule has 0 aromatic carbocycles. The fourth-order valence-corrected chi connectivity index (χ4v) is 4.31. The molecule has 1 aromatic heterocycles. The number of amides is 1. The molecule has 1 saturated heterocycles. The second kappa shape index (κ2) is 4.85. The summed E-state index contributed by atoms with van der Waals surface area (Å²) < 4.78 is 0. The van der Waals surface area contributed by atoms with Crippen LogP contribution in [0.15, 0.2) is 16.8 Å². The van der Waals surface area contributed by atoms with Gasteiger partial charge in [0, 0.05) is 6.54 Å². The number of carbonyl (C=O) groups is 1. The maximum atomic E-state index is 12.5.